The third kappa shape index (κ3) is 2.78. The number of hydrogen-bond acceptors (Lipinski definition) is 3. The number of hydrogen-bond donors (Lipinski definition) is 1. The van der Waals surface area contributed by atoms with Gasteiger partial charge in [-0.15, -0.1) is 0 Å². The van der Waals surface area contributed by atoms with E-state index < -0.39 is 0 Å². The van der Waals surface area contributed by atoms with E-state index in [0.29, 0.717) is 0 Å². The molecule has 1 aromatic carbocycles. The monoisotopic (exact) mass is 383 g/mol. The molecule has 114 valence electrons. The van der Waals surface area contributed by atoms with Crippen LogP contribution in [0.5, 0.6) is 0 Å². The van der Waals surface area contributed by atoms with Gasteiger partial charge in [0.25, 0.3) is 0 Å². The number of nitrogens with one attached hydrogen (secondary N) is 1. The molecule has 0 saturated carbocycles. The van der Waals surface area contributed by atoms with Crippen molar-refractivity contribution in [2.24, 2.45) is 0 Å². The predicted molar refractivity (Wildman–Crippen MR) is 101 cm³/mol. The van der Waals surface area contributed by atoms with Crippen LogP contribution in [0.2, 0.25) is 0 Å². The molecule has 3 aromatic heterocycles. The second-order valence-electron chi connectivity index (χ2n) is 5.39. The predicted octanol–water partition coefficient (Wildman–Crippen LogP) is 5.88. The molecule has 0 atom stereocenters. The Morgan fingerprint density at radius 2 is 1.91 bits per heavy atom. The molecule has 0 aliphatic carbocycles. The van der Waals surface area contributed by atoms with E-state index in [1.54, 1.807) is 11.3 Å². The van der Waals surface area contributed by atoms with Crippen molar-refractivity contribution in [2.45, 2.75) is 6.92 Å². The fourth-order valence-electron chi connectivity index (χ4n) is 2.51. The zero-order valence-electron chi connectivity index (χ0n) is 12.5. The van der Waals surface area contributed by atoms with Crippen molar-refractivity contribution in [2.75, 3.05) is 5.32 Å². The van der Waals surface area contributed by atoms with Crippen molar-refractivity contribution in [1.29, 1.82) is 0 Å². The lowest BCUT2D eigenvalue weighted by molar-refractivity contribution is 1.17. The summed E-state index contributed by atoms with van der Waals surface area (Å²) in [5.41, 5.74) is 5.31. The molecule has 0 aliphatic heterocycles. The van der Waals surface area contributed by atoms with E-state index in [1.165, 1.54) is 5.56 Å². The van der Waals surface area contributed by atoms with E-state index in [2.05, 4.69) is 73.7 Å². The Morgan fingerprint density at radius 3 is 2.65 bits per heavy atom. The minimum absolute atomic E-state index is 0.920. The summed E-state index contributed by atoms with van der Waals surface area (Å²) in [6.45, 7) is 2.09. The third-order valence-corrected chi connectivity index (χ3v) is 4.84. The summed E-state index contributed by atoms with van der Waals surface area (Å²) in [5.74, 6) is 0.976. The van der Waals surface area contributed by atoms with Gasteiger partial charge in [0.05, 0.1) is 0 Å². The van der Waals surface area contributed by atoms with Gasteiger partial charge < -0.3 is 5.32 Å². The van der Waals surface area contributed by atoms with Crippen molar-refractivity contribution >= 4 is 44.4 Å². The molecule has 0 saturated heterocycles. The van der Waals surface area contributed by atoms with E-state index in [0.717, 1.165) is 32.9 Å². The number of thiophene rings is 1. The van der Waals surface area contributed by atoms with E-state index in [-0.39, 0.29) is 0 Å². The molecule has 0 bridgehead atoms. The molecule has 4 aromatic rings. The Bertz CT molecular complexity index is 956. The Kier molecular flexibility index (Phi) is 3.67. The molecule has 0 fully saturated rings. The molecule has 23 heavy (non-hydrogen) atoms. The van der Waals surface area contributed by atoms with Crippen LogP contribution in [0.1, 0.15) is 5.56 Å². The summed E-state index contributed by atoms with van der Waals surface area (Å²) >= 11 is 5.22. The van der Waals surface area contributed by atoms with Crippen LogP contribution >= 0.6 is 27.3 Å². The molecule has 0 aliphatic rings. The van der Waals surface area contributed by atoms with Gasteiger partial charge in [-0.05, 0) is 58.6 Å². The number of imidazole rings is 1. The van der Waals surface area contributed by atoms with Gasteiger partial charge in [-0.2, -0.15) is 11.3 Å². The molecule has 0 spiro atoms. The summed E-state index contributed by atoms with van der Waals surface area (Å²) in [6, 6.07) is 14.5. The summed E-state index contributed by atoms with van der Waals surface area (Å²) in [4.78, 5) is 4.80. The maximum atomic E-state index is 4.80. The Balaban J connectivity index is 1.89. The maximum absolute atomic E-state index is 4.80. The molecule has 4 rings (SSSR count). The number of fused-ring (bicyclic) bond motifs is 1. The first-order chi connectivity index (χ1) is 11.2. The van der Waals surface area contributed by atoms with Crippen LogP contribution in [-0.4, -0.2) is 9.38 Å². The number of rotatable bonds is 3. The lowest BCUT2D eigenvalue weighted by Crippen LogP contribution is -1.96. The number of halogens is 1. The number of pyridine rings is 1. The second kappa shape index (κ2) is 5.83. The highest BCUT2D eigenvalue weighted by molar-refractivity contribution is 9.10. The molecule has 1 N–H and O–H groups in total. The van der Waals surface area contributed by atoms with E-state index in [4.69, 9.17) is 4.98 Å². The zero-order chi connectivity index (χ0) is 15.8. The van der Waals surface area contributed by atoms with Gasteiger partial charge in [0.2, 0.25) is 0 Å². The summed E-state index contributed by atoms with van der Waals surface area (Å²) in [6.07, 6.45) is 2.04. The molecule has 3 nitrogen and oxygen atoms in total. The van der Waals surface area contributed by atoms with Gasteiger partial charge >= 0.3 is 0 Å². The van der Waals surface area contributed by atoms with Crippen LogP contribution in [0.3, 0.4) is 0 Å². The normalized spacial score (nSPS) is 11.0. The summed E-state index contributed by atoms with van der Waals surface area (Å²) < 4.78 is 3.10. The first-order valence-corrected chi connectivity index (χ1v) is 8.98. The number of aromatic nitrogens is 2. The van der Waals surface area contributed by atoms with Crippen molar-refractivity contribution in [3.8, 4) is 11.3 Å². The average Bonchev–Trinajstić information content (AvgIpc) is 3.18. The first kappa shape index (κ1) is 14.5. The van der Waals surface area contributed by atoms with Gasteiger partial charge in [-0.1, -0.05) is 17.7 Å². The molecular weight excluding hydrogens is 370 g/mol. The van der Waals surface area contributed by atoms with Crippen LogP contribution in [0.15, 0.2) is 63.9 Å². The minimum Gasteiger partial charge on any atom is -0.339 e. The largest absolute Gasteiger partial charge is 0.339 e. The van der Waals surface area contributed by atoms with Crippen LogP contribution in [0.4, 0.5) is 11.5 Å². The van der Waals surface area contributed by atoms with Crippen molar-refractivity contribution in [3.63, 3.8) is 0 Å². The van der Waals surface area contributed by atoms with E-state index in [9.17, 15) is 0 Å². The lowest BCUT2D eigenvalue weighted by atomic mass is 10.2. The second-order valence-corrected chi connectivity index (χ2v) is 7.08. The Hall–Kier alpha value is -2.11. The van der Waals surface area contributed by atoms with Crippen molar-refractivity contribution in [3.05, 3.63) is 69.5 Å². The molecule has 0 amide bonds. The number of benzene rings is 1. The van der Waals surface area contributed by atoms with Crippen LogP contribution in [-0.2, 0) is 0 Å². The topological polar surface area (TPSA) is 29.3 Å². The van der Waals surface area contributed by atoms with Gasteiger partial charge in [0, 0.05) is 27.3 Å². The van der Waals surface area contributed by atoms with Gasteiger partial charge in [0.15, 0.2) is 0 Å². The molecular formula is C18H14BrN3S. The standard InChI is InChI=1S/C18H14BrN3S/c1-12-2-5-15(6-3-12)20-18-17(13-8-9-23-11-13)21-16-7-4-14(19)10-22(16)18/h2-11,20H,1H3. The lowest BCUT2D eigenvalue weighted by Gasteiger charge is -2.09. The van der Waals surface area contributed by atoms with Gasteiger partial charge in [-0.3, -0.25) is 4.40 Å². The Morgan fingerprint density at radius 1 is 1.09 bits per heavy atom. The fraction of sp³-hybridized carbons (Fsp3) is 0.0556. The van der Waals surface area contributed by atoms with E-state index >= 15 is 0 Å². The summed E-state index contributed by atoms with van der Waals surface area (Å²) in [5, 5.41) is 7.72. The van der Waals surface area contributed by atoms with Gasteiger partial charge in [-0.25, -0.2) is 4.98 Å². The average molecular weight is 384 g/mol. The highest BCUT2D eigenvalue weighted by atomic mass is 79.9. The number of nitrogens with zero attached hydrogens (tertiary/aromatic N) is 2. The van der Waals surface area contributed by atoms with Crippen molar-refractivity contribution < 1.29 is 0 Å². The zero-order valence-corrected chi connectivity index (χ0v) is 14.9. The van der Waals surface area contributed by atoms with E-state index in [1.807, 2.05) is 18.3 Å². The highest BCUT2D eigenvalue weighted by Crippen LogP contribution is 2.33. The van der Waals surface area contributed by atoms with Crippen LogP contribution in [0, 0.1) is 6.92 Å². The quantitative estimate of drug-likeness (QED) is 0.478. The number of aryl methyl sites for hydroxylation is 1. The minimum atomic E-state index is 0.920. The maximum Gasteiger partial charge on any atom is 0.143 e. The highest BCUT2D eigenvalue weighted by Gasteiger charge is 2.15. The molecule has 5 heteroatoms. The van der Waals surface area contributed by atoms with Crippen molar-refractivity contribution in [1.82, 2.24) is 9.38 Å². The Labute approximate surface area is 146 Å². The molecule has 3 heterocycles. The number of anilines is 2. The first-order valence-electron chi connectivity index (χ1n) is 7.24. The third-order valence-electron chi connectivity index (χ3n) is 3.69. The summed E-state index contributed by atoms with van der Waals surface area (Å²) in [7, 11) is 0. The van der Waals surface area contributed by atoms with Crippen LogP contribution in [0.25, 0.3) is 16.9 Å². The van der Waals surface area contributed by atoms with Crippen LogP contribution < -0.4 is 5.32 Å². The SMILES string of the molecule is Cc1ccc(Nc2c(-c3ccsc3)nc3ccc(Br)cn23)cc1. The van der Waals surface area contributed by atoms with Gasteiger partial charge in [0.1, 0.15) is 17.2 Å². The molecule has 0 radical (unpaired) electrons. The fourth-order valence-corrected chi connectivity index (χ4v) is 3.49. The molecule has 0 unspecified atom stereocenters. The smallest absolute Gasteiger partial charge is 0.143 e.